The molecule has 2 saturated heterocycles. The zero-order valence-electron chi connectivity index (χ0n) is 22.4. The van der Waals surface area contributed by atoms with E-state index in [0.717, 1.165) is 52.1 Å². The standard InChI is InChI=1S/C30H34FN7O/c1-30(2,3)13-27(39)35-20-10-18(14-32-15-20)24-12-23-26(16-34-24)37-38-28(23)25-11-22-21(8-9-33-29(22)36-25)17-4-6-19(31)7-5-17/h4-11,14-15,23-24,26,28,34,37-38H,12-13,16H2,1-3H3,(H,33,36)(H,35,39). The summed E-state index contributed by atoms with van der Waals surface area (Å²) in [4.78, 5) is 25.0. The first kappa shape index (κ1) is 25.6. The zero-order chi connectivity index (χ0) is 27.1. The number of fused-ring (bicyclic) bond motifs is 2. The second kappa shape index (κ2) is 10.1. The van der Waals surface area contributed by atoms with Gasteiger partial charge in [0.2, 0.25) is 5.91 Å². The van der Waals surface area contributed by atoms with Gasteiger partial charge in [-0.15, -0.1) is 0 Å². The van der Waals surface area contributed by atoms with Gasteiger partial charge < -0.3 is 15.6 Å². The summed E-state index contributed by atoms with van der Waals surface area (Å²) in [6, 6.07) is 13.2. The van der Waals surface area contributed by atoms with Crippen molar-refractivity contribution < 1.29 is 9.18 Å². The number of halogens is 1. The van der Waals surface area contributed by atoms with Crippen LogP contribution in [0.1, 0.15) is 57.0 Å². The van der Waals surface area contributed by atoms with Crippen LogP contribution in [0.15, 0.2) is 61.1 Å². The fraction of sp³-hybridized carbons (Fsp3) is 0.367. The predicted molar refractivity (Wildman–Crippen MR) is 150 cm³/mol. The molecule has 2 aliphatic rings. The molecule has 1 amide bonds. The van der Waals surface area contributed by atoms with Crippen LogP contribution in [0.3, 0.4) is 0 Å². The van der Waals surface area contributed by atoms with Crippen molar-refractivity contribution in [3.8, 4) is 11.1 Å². The van der Waals surface area contributed by atoms with Gasteiger partial charge in [0.15, 0.2) is 0 Å². The van der Waals surface area contributed by atoms with Crippen LogP contribution in [0.25, 0.3) is 22.2 Å². The van der Waals surface area contributed by atoms with Crippen molar-refractivity contribution in [3.05, 3.63) is 78.1 Å². The van der Waals surface area contributed by atoms with Gasteiger partial charge >= 0.3 is 0 Å². The molecule has 0 spiro atoms. The maximum atomic E-state index is 13.5. The number of pyridine rings is 2. The highest BCUT2D eigenvalue weighted by atomic mass is 19.1. The summed E-state index contributed by atoms with van der Waals surface area (Å²) in [5.41, 5.74) is 12.5. The Kier molecular flexibility index (Phi) is 6.66. The van der Waals surface area contributed by atoms with Crippen LogP contribution in [-0.2, 0) is 4.79 Å². The van der Waals surface area contributed by atoms with Gasteiger partial charge in [-0.3, -0.25) is 15.2 Å². The molecular formula is C30H34FN7O. The van der Waals surface area contributed by atoms with Crippen molar-refractivity contribution in [1.82, 2.24) is 31.1 Å². The molecule has 4 atom stereocenters. The number of nitrogens with zero attached hydrogens (tertiary/aromatic N) is 2. The first-order chi connectivity index (χ1) is 18.7. The van der Waals surface area contributed by atoms with E-state index in [0.29, 0.717) is 12.3 Å². The molecule has 202 valence electrons. The molecule has 2 fully saturated rings. The molecule has 4 aromatic rings. The van der Waals surface area contributed by atoms with Gasteiger partial charge in [0.25, 0.3) is 0 Å². The van der Waals surface area contributed by atoms with Crippen molar-refractivity contribution in [2.45, 2.75) is 51.7 Å². The highest BCUT2D eigenvalue weighted by molar-refractivity contribution is 5.93. The second-order valence-electron chi connectivity index (χ2n) is 11.9. The number of amides is 1. The summed E-state index contributed by atoms with van der Waals surface area (Å²) >= 11 is 0. The van der Waals surface area contributed by atoms with Crippen LogP contribution in [0, 0.1) is 17.2 Å². The predicted octanol–water partition coefficient (Wildman–Crippen LogP) is 5.01. The average molecular weight is 528 g/mol. The minimum absolute atomic E-state index is 0.00481. The summed E-state index contributed by atoms with van der Waals surface area (Å²) in [5.74, 6) is 0.0621. The zero-order valence-corrected chi connectivity index (χ0v) is 22.4. The summed E-state index contributed by atoms with van der Waals surface area (Å²) in [7, 11) is 0. The summed E-state index contributed by atoms with van der Waals surface area (Å²) in [5, 5.41) is 7.67. The monoisotopic (exact) mass is 527 g/mol. The topological polar surface area (TPSA) is 107 Å². The molecule has 5 heterocycles. The largest absolute Gasteiger partial charge is 0.342 e. The van der Waals surface area contributed by atoms with Crippen molar-refractivity contribution in [1.29, 1.82) is 0 Å². The number of rotatable bonds is 5. The van der Waals surface area contributed by atoms with Gasteiger partial charge in [-0.25, -0.2) is 14.8 Å². The van der Waals surface area contributed by atoms with E-state index in [2.05, 4.69) is 63.3 Å². The summed E-state index contributed by atoms with van der Waals surface area (Å²) in [6.45, 7) is 6.96. The number of hydrogen-bond donors (Lipinski definition) is 5. The van der Waals surface area contributed by atoms with E-state index in [1.165, 1.54) is 12.1 Å². The molecule has 8 nitrogen and oxygen atoms in total. The van der Waals surface area contributed by atoms with Gasteiger partial charge in [-0.1, -0.05) is 32.9 Å². The van der Waals surface area contributed by atoms with Gasteiger partial charge in [0, 0.05) is 54.4 Å². The number of carbonyl (C=O) groups excluding carboxylic acids is 1. The number of aromatic nitrogens is 3. The Bertz CT molecular complexity index is 1490. The molecule has 0 radical (unpaired) electrons. The normalized spacial score (nSPS) is 23.1. The summed E-state index contributed by atoms with van der Waals surface area (Å²) in [6.07, 6.45) is 6.70. The van der Waals surface area contributed by atoms with Crippen LogP contribution in [-0.4, -0.2) is 33.4 Å². The number of nitrogens with one attached hydrogen (secondary N) is 5. The molecule has 0 aliphatic carbocycles. The lowest BCUT2D eigenvalue weighted by atomic mass is 9.81. The van der Waals surface area contributed by atoms with Crippen molar-refractivity contribution in [2.24, 2.45) is 11.3 Å². The van der Waals surface area contributed by atoms with Crippen LogP contribution < -0.4 is 21.5 Å². The highest BCUT2D eigenvalue weighted by Gasteiger charge is 2.42. The first-order valence-corrected chi connectivity index (χ1v) is 13.5. The third kappa shape index (κ3) is 5.43. The number of benzene rings is 1. The molecule has 2 aliphatic heterocycles. The Balaban J connectivity index is 1.22. The Labute approximate surface area is 227 Å². The number of H-pyrrole nitrogens is 1. The minimum atomic E-state index is -0.250. The number of piperidine rings is 1. The number of anilines is 1. The molecule has 39 heavy (non-hydrogen) atoms. The fourth-order valence-electron chi connectivity index (χ4n) is 5.83. The number of hydrogen-bond acceptors (Lipinski definition) is 6. The summed E-state index contributed by atoms with van der Waals surface area (Å²) < 4.78 is 13.5. The number of hydrazine groups is 1. The van der Waals surface area contributed by atoms with Gasteiger partial charge in [-0.05, 0) is 58.9 Å². The molecule has 6 rings (SSSR count). The Morgan fingerprint density at radius 3 is 2.72 bits per heavy atom. The average Bonchev–Trinajstić information content (AvgIpc) is 3.52. The molecule has 1 aromatic carbocycles. The van der Waals surface area contributed by atoms with Crippen LogP contribution in [0.2, 0.25) is 0 Å². The van der Waals surface area contributed by atoms with Crippen LogP contribution in [0.5, 0.6) is 0 Å². The molecule has 5 N–H and O–H groups in total. The molecule has 0 saturated carbocycles. The smallest absolute Gasteiger partial charge is 0.224 e. The number of aromatic amines is 1. The Morgan fingerprint density at radius 2 is 1.92 bits per heavy atom. The van der Waals surface area contributed by atoms with Crippen LogP contribution in [0.4, 0.5) is 10.1 Å². The SMILES string of the molecule is CC(C)(C)CC(=O)Nc1cncc(C2CC3C(CN2)NNC3c2cc3c(-c4ccc(F)cc4)ccnc3[nH]2)c1. The van der Waals surface area contributed by atoms with E-state index >= 15 is 0 Å². The van der Waals surface area contributed by atoms with E-state index < -0.39 is 0 Å². The van der Waals surface area contributed by atoms with Crippen molar-refractivity contribution in [3.63, 3.8) is 0 Å². The van der Waals surface area contributed by atoms with E-state index in [1.807, 2.05) is 18.3 Å². The van der Waals surface area contributed by atoms with Gasteiger partial charge in [-0.2, -0.15) is 0 Å². The maximum Gasteiger partial charge on any atom is 0.224 e. The maximum absolute atomic E-state index is 13.5. The fourth-order valence-corrected chi connectivity index (χ4v) is 5.83. The third-order valence-electron chi connectivity index (χ3n) is 7.64. The van der Waals surface area contributed by atoms with E-state index in [1.54, 1.807) is 24.5 Å². The van der Waals surface area contributed by atoms with E-state index in [-0.39, 0.29) is 35.3 Å². The van der Waals surface area contributed by atoms with Crippen molar-refractivity contribution in [2.75, 3.05) is 11.9 Å². The minimum Gasteiger partial charge on any atom is -0.342 e. The van der Waals surface area contributed by atoms with E-state index in [9.17, 15) is 9.18 Å². The number of carbonyl (C=O) groups is 1. The second-order valence-corrected chi connectivity index (χ2v) is 11.9. The lowest BCUT2D eigenvalue weighted by Gasteiger charge is -2.34. The molecule has 0 bridgehead atoms. The quantitative estimate of drug-likeness (QED) is 0.250. The first-order valence-electron chi connectivity index (χ1n) is 13.5. The van der Waals surface area contributed by atoms with Gasteiger partial charge in [0.1, 0.15) is 11.5 Å². The molecule has 9 heteroatoms. The lowest BCUT2D eigenvalue weighted by Crippen LogP contribution is -2.46. The lowest BCUT2D eigenvalue weighted by molar-refractivity contribution is -0.117. The molecular weight excluding hydrogens is 493 g/mol. The molecule has 4 unspecified atom stereocenters. The molecule has 3 aromatic heterocycles. The van der Waals surface area contributed by atoms with E-state index in [4.69, 9.17) is 0 Å². The highest BCUT2D eigenvalue weighted by Crippen LogP contribution is 2.40. The van der Waals surface area contributed by atoms with Crippen LogP contribution >= 0.6 is 0 Å². The van der Waals surface area contributed by atoms with Gasteiger partial charge in [0.05, 0.1) is 17.9 Å². The Hall–Kier alpha value is -3.66. The van der Waals surface area contributed by atoms with Crippen molar-refractivity contribution >= 4 is 22.6 Å². The Morgan fingerprint density at radius 1 is 1.10 bits per heavy atom. The third-order valence-corrected chi connectivity index (χ3v) is 7.64.